The summed E-state index contributed by atoms with van der Waals surface area (Å²) < 4.78 is 0. The molecule has 0 aliphatic carbocycles. The van der Waals surface area contributed by atoms with Gasteiger partial charge < -0.3 is 10.4 Å². The topological polar surface area (TPSA) is 49.3 Å². The van der Waals surface area contributed by atoms with E-state index in [0.29, 0.717) is 0 Å². The van der Waals surface area contributed by atoms with E-state index in [-0.39, 0.29) is 0 Å². The van der Waals surface area contributed by atoms with Gasteiger partial charge in [-0.15, -0.1) is 0 Å². The van der Waals surface area contributed by atoms with Crippen LogP contribution in [0.3, 0.4) is 0 Å². The molecule has 1 aromatic carbocycles. The Morgan fingerprint density at radius 1 is 0.962 bits per heavy atom. The van der Waals surface area contributed by atoms with Crippen molar-refractivity contribution in [3.63, 3.8) is 0 Å². The largest absolute Gasteiger partial charge is 0.481 e. The van der Waals surface area contributed by atoms with E-state index in [2.05, 4.69) is 24.4 Å². The van der Waals surface area contributed by atoms with Crippen molar-refractivity contribution in [1.82, 2.24) is 0 Å². The van der Waals surface area contributed by atoms with Crippen LogP contribution in [0.1, 0.15) is 89.5 Å². The lowest BCUT2D eigenvalue weighted by Gasteiger charge is -2.09. The monoisotopic (exact) mass is 359 g/mol. The lowest BCUT2D eigenvalue weighted by Crippen LogP contribution is -2.07. The summed E-state index contributed by atoms with van der Waals surface area (Å²) in [6.07, 6.45) is 17.7. The van der Waals surface area contributed by atoms with Gasteiger partial charge in [0.2, 0.25) is 0 Å². The summed E-state index contributed by atoms with van der Waals surface area (Å²) in [5.74, 6) is -1.24. The summed E-state index contributed by atoms with van der Waals surface area (Å²) in [5, 5.41) is 12.4. The molecule has 1 atom stereocenters. The Hall–Kier alpha value is -1.77. The van der Waals surface area contributed by atoms with E-state index in [0.717, 1.165) is 30.6 Å². The van der Waals surface area contributed by atoms with E-state index < -0.39 is 11.9 Å². The Balaban J connectivity index is 2.02. The maximum atomic E-state index is 11.0. The first kappa shape index (κ1) is 22.3. The molecule has 0 aromatic heterocycles. The molecule has 0 saturated carbocycles. The number of carboxylic acids is 1. The minimum Gasteiger partial charge on any atom is -0.481 e. The van der Waals surface area contributed by atoms with Crippen LogP contribution in [0, 0.1) is 0 Å². The van der Waals surface area contributed by atoms with Crippen LogP contribution in [0.4, 0.5) is 5.69 Å². The van der Waals surface area contributed by atoms with Crippen molar-refractivity contribution in [2.45, 2.75) is 84.0 Å². The number of carboxylic acid groups (broad SMARTS) is 1. The van der Waals surface area contributed by atoms with E-state index in [1.54, 1.807) is 6.92 Å². The van der Waals surface area contributed by atoms with Gasteiger partial charge in [-0.05, 0) is 50.3 Å². The molecule has 0 aliphatic rings. The molecule has 1 rings (SSSR count). The van der Waals surface area contributed by atoms with Gasteiger partial charge in [-0.25, -0.2) is 0 Å². The normalized spacial score (nSPS) is 12.4. The second kappa shape index (κ2) is 14.4. The summed E-state index contributed by atoms with van der Waals surface area (Å²) in [4.78, 5) is 11.0. The average Bonchev–Trinajstić information content (AvgIpc) is 2.65. The third-order valence-electron chi connectivity index (χ3n) is 4.80. The predicted octanol–water partition coefficient (Wildman–Crippen LogP) is 6.76. The van der Waals surface area contributed by atoms with Crippen LogP contribution < -0.4 is 5.32 Å². The van der Waals surface area contributed by atoms with Crippen LogP contribution in [0.2, 0.25) is 0 Å². The summed E-state index contributed by atoms with van der Waals surface area (Å²) in [6.45, 7) is 4.91. The molecule has 0 heterocycles. The molecule has 3 heteroatoms. The van der Waals surface area contributed by atoms with Gasteiger partial charge in [-0.3, -0.25) is 4.79 Å². The smallest absolute Gasteiger partial charge is 0.310 e. The standard InChI is InChI=1S/C23H37NO2/c1-3-4-5-6-7-8-9-10-11-12-13-14-19-24-22-17-15-21(16-18-22)20(2)23(25)26/h11-12,15-18,20,24H,3-10,13-14,19H2,1-2H3,(H,25,26). The first-order valence-electron chi connectivity index (χ1n) is 10.4. The Labute approximate surface area is 159 Å². The molecule has 0 aliphatic heterocycles. The van der Waals surface area contributed by atoms with Crippen molar-refractivity contribution in [2.75, 3.05) is 11.9 Å². The van der Waals surface area contributed by atoms with Crippen molar-refractivity contribution < 1.29 is 9.90 Å². The maximum Gasteiger partial charge on any atom is 0.310 e. The maximum absolute atomic E-state index is 11.0. The van der Waals surface area contributed by atoms with E-state index >= 15 is 0 Å². The summed E-state index contributed by atoms with van der Waals surface area (Å²) >= 11 is 0. The number of benzene rings is 1. The fraction of sp³-hybridized carbons (Fsp3) is 0.609. The zero-order valence-electron chi connectivity index (χ0n) is 16.7. The van der Waals surface area contributed by atoms with Crippen molar-refractivity contribution in [3.05, 3.63) is 42.0 Å². The zero-order chi connectivity index (χ0) is 19.0. The number of unbranched alkanes of at least 4 members (excludes halogenated alkanes) is 8. The minimum atomic E-state index is -0.783. The van der Waals surface area contributed by atoms with Crippen LogP contribution in [-0.4, -0.2) is 17.6 Å². The highest BCUT2D eigenvalue weighted by atomic mass is 16.4. The van der Waals surface area contributed by atoms with Crippen molar-refractivity contribution in [3.8, 4) is 0 Å². The molecular weight excluding hydrogens is 322 g/mol. The number of anilines is 1. The second-order valence-electron chi connectivity index (χ2n) is 7.13. The van der Waals surface area contributed by atoms with Gasteiger partial charge >= 0.3 is 5.97 Å². The van der Waals surface area contributed by atoms with E-state index in [1.807, 2.05) is 24.3 Å². The number of aliphatic carboxylic acids is 1. The van der Waals surface area contributed by atoms with Gasteiger partial charge in [-0.2, -0.15) is 0 Å². The molecule has 146 valence electrons. The van der Waals surface area contributed by atoms with E-state index in [1.165, 1.54) is 51.4 Å². The zero-order valence-corrected chi connectivity index (χ0v) is 16.7. The fourth-order valence-corrected chi connectivity index (χ4v) is 2.94. The number of hydrogen-bond acceptors (Lipinski definition) is 2. The summed E-state index contributed by atoms with van der Waals surface area (Å²) in [7, 11) is 0. The lowest BCUT2D eigenvalue weighted by atomic mass is 10.0. The van der Waals surface area contributed by atoms with Crippen LogP contribution in [-0.2, 0) is 4.79 Å². The number of rotatable bonds is 15. The number of carbonyl (C=O) groups is 1. The summed E-state index contributed by atoms with van der Waals surface area (Å²) in [6, 6.07) is 7.71. The molecule has 1 aromatic rings. The molecule has 0 fully saturated rings. The second-order valence-corrected chi connectivity index (χ2v) is 7.13. The highest BCUT2D eigenvalue weighted by Crippen LogP contribution is 2.18. The van der Waals surface area contributed by atoms with Crippen molar-refractivity contribution in [2.24, 2.45) is 0 Å². The number of allylic oxidation sites excluding steroid dienone is 2. The van der Waals surface area contributed by atoms with Gasteiger partial charge in [0.05, 0.1) is 5.92 Å². The van der Waals surface area contributed by atoms with Gasteiger partial charge in [0.25, 0.3) is 0 Å². The SMILES string of the molecule is CCCCCCCCCC=CCCCNc1ccc(C(C)C(=O)O)cc1. The van der Waals surface area contributed by atoms with Crippen LogP contribution in [0.5, 0.6) is 0 Å². The Morgan fingerprint density at radius 2 is 1.54 bits per heavy atom. The Morgan fingerprint density at radius 3 is 2.15 bits per heavy atom. The fourth-order valence-electron chi connectivity index (χ4n) is 2.94. The molecule has 0 saturated heterocycles. The Bertz CT molecular complexity index is 507. The van der Waals surface area contributed by atoms with Gasteiger partial charge in [0.15, 0.2) is 0 Å². The third-order valence-corrected chi connectivity index (χ3v) is 4.80. The third kappa shape index (κ3) is 10.3. The van der Waals surface area contributed by atoms with Gasteiger partial charge in [-0.1, -0.05) is 69.7 Å². The van der Waals surface area contributed by atoms with Gasteiger partial charge in [0.1, 0.15) is 0 Å². The molecule has 1 unspecified atom stereocenters. The number of nitrogens with one attached hydrogen (secondary N) is 1. The van der Waals surface area contributed by atoms with Crippen LogP contribution in [0.15, 0.2) is 36.4 Å². The van der Waals surface area contributed by atoms with E-state index in [9.17, 15) is 4.79 Å². The van der Waals surface area contributed by atoms with Crippen molar-refractivity contribution in [1.29, 1.82) is 0 Å². The van der Waals surface area contributed by atoms with E-state index in [4.69, 9.17) is 5.11 Å². The molecule has 26 heavy (non-hydrogen) atoms. The van der Waals surface area contributed by atoms with Crippen LogP contribution >= 0.6 is 0 Å². The lowest BCUT2D eigenvalue weighted by molar-refractivity contribution is -0.138. The minimum absolute atomic E-state index is 0.453. The van der Waals surface area contributed by atoms with Gasteiger partial charge in [0, 0.05) is 12.2 Å². The highest BCUT2D eigenvalue weighted by Gasteiger charge is 2.12. The first-order valence-corrected chi connectivity index (χ1v) is 10.4. The Kier molecular flexibility index (Phi) is 12.3. The molecule has 3 nitrogen and oxygen atoms in total. The van der Waals surface area contributed by atoms with Crippen LogP contribution in [0.25, 0.3) is 0 Å². The molecule has 0 bridgehead atoms. The first-order chi connectivity index (χ1) is 12.6. The molecule has 0 spiro atoms. The predicted molar refractivity (Wildman–Crippen MR) is 112 cm³/mol. The molecular formula is C23H37NO2. The molecule has 2 N–H and O–H groups in total. The quantitative estimate of drug-likeness (QED) is 0.268. The average molecular weight is 360 g/mol. The van der Waals surface area contributed by atoms with Crippen molar-refractivity contribution >= 4 is 11.7 Å². The summed E-state index contributed by atoms with van der Waals surface area (Å²) in [5.41, 5.74) is 1.90. The molecule has 0 radical (unpaired) electrons. The number of hydrogen-bond donors (Lipinski definition) is 2. The molecule has 0 amide bonds. The highest BCUT2D eigenvalue weighted by molar-refractivity contribution is 5.75.